The van der Waals surface area contributed by atoms with Crippen molar-refractivity contribution in [2.45, 2.75) is 19.8 Å². The van der Waals surface area contributed by atoms with Crippen molar-refractivity contribution in [2.75, 3.05) is 14.1 Å². The lowest BCUT2D eigenvalue weighted by atomic mass is 9.82. The zero-order valence-electron chi connectivity index (χ0n) is 16.3. The van der Waals surface area contributed by atoms with Gasteiger partial charge in [-0.15, -0.1) is 0 Å². The average Bonchev–Trinajstić information content (AvgIpc) is 2.86. The molecule has 1 saturated heterocycles. The lowest BCUT2D eigenvalue weighted by Gasteiger charge is -2.35. The Balaban J connectivity index is 2.27. The molecule has 0 spiro atoms. The smallest absolute Gasteiger partial charge is 0.332 e. The molecule has 28 heavy (non-hydrogen) atoms. The molecule has 0 bridgehead atoms. The number of hydrogen-bond acceptors (Lipinski definition) is 5. The number of barbiturate groups is 1. The molecular weight excluding hydrogens is 364 g/mol. The first-order valence-corrected chi connectivity index (χ1v) is 8.71. The molecule has 1 unspecified atom stereocenters. The molecule has 9 heteroatoms. The van der Waals surface area contributed by atoms with E-state index in [2.05, 4.69) is 0 Å². The number of amides is 4. The first kappa shape index (κ1) is 19.4. The van der Waals surface area contributed by atoms with Gasteiger partial charge in [-0.25, -0.2) is 14.1 Å². The Hall–Kier alpha value is -3.36. The zero-order valence-corrected chi connectivity index (χ0v) is 16.3. The molecule has 0 aliphatic carbocycles. The fraction of sp³-hybridized carbons (Fsp3) is 0.368. The molecule has 1 aromatic heterocycles. The number of phenolic OH excluding ortho intramolecular Hbond substituents is 1. The molecule has 2 heterocycles. The highest BCUT2D eigenvalue weighted by molar-refractivity contribution is 6.16. The fourth-order valence-electron chi connectivity index (χ4n) is 3.60. The van der Waals surface area contributed by atoms with Crippen molar-refractivity contribution in [3.05, 3.63) is 52.2 Å². The number of benzene rings is 1. The summed E-state index contributed by atoms with van der Waals surface area (Å²) in [6.45, 7) is 3.43. The Morgan fingerprint density at radius 3 is 1.93 bits per heavy atom. The molecule has 148 valence electrons. The third-order valence-corrected chi connectivity index (χ3v) is 5.51. The van der Waals surface area contributed by atoms with Crippen LogP contribution in [0, 0.1) is 25.0 Å². The Morgan fingerprint density at radius 2 is 1.50 bits per heavy atom. The van der Waals surface area contributed by atoms with Gasteiger partial charge in [0.05, 0.1) is 7.05 Å². The number of urea groups is 1. The van der Waals surface area contributed by atoms with Crippen LogP contribution in [0.2, 0.25) is 0 Å². The van der Waals surface area contributed by atoms with E-state index >= 15 is 0 Å². The summed E-state index contributed by atoms with van der Waals surface area (Å²) in [6.07, 6.45) is 0. The van der Waals surface area contributed by atoms with Crippen LogP contribution in [0.25, 0.3) is 0 Å². The third kappa shape index (κ3) is 2.70. The maximum atomic E-state index is 12.9. The monoisotopic (exact) mass is 386 g/mol. The van der Waals surface area contributed by atoms with E-state index in [0.717, 1.165) is 9.80 Å². The predicted octanol–water partition coefficient (Wildman–Crippen LogP) is 0.779. The molecule has 1 atom stereocenters. The summed E-state index contributed by atoms with van der Waals surface area (Å²) in [5.74, 6) is -3.35. The van der Waals surface area contributed by atoms with Crippen LogP contribution in [-0.2, 0) is 16.6 Å². The van der Waals surface area contributed by atoms with Crippen LogP contribution in [0.1, 0.15) is 28.7 Å². The van der Waals surface area contributed by atoms with Crippen LogP contribution >= 0.6 is 0 Å². The molecule has 9 nitrogen and oxygen atoms in total. The molecule has 0 saturated carbocycles. The average molecular weight is 386 g/mol. The van der Waals surface area contributed by atoms with Gasteiger partial charge in [-0.2, -0.15) is 0 Å². The summed E-state index contributed by atoms with van der Waals surface area (Å²) in [4.78, 5) is 39.8. The maximum absolute atomic E-state index is 12.9. The molecule has 2 aromatic rings. The van der Waals surface area contributed by atoms with Gasteiger partial charge in [-0.3, -0.25) is 19.4 Å². The van der Waals surface area contributed by atoms with Crippen molar-refractivity contribution in [1.29, 1.82) is 0 Å². The second-order valence-electron chi connectivity index (χ2n) is 7.01. The van der Waals surface area contributed by atoms with Crippen molar-refractivity contribution >= 4 is 17.8 Å². The number of carbonyl (C=O) groups excluding carboxylic acids is 3. The quantitative estimate of drug-likeness (QED) is 0.476. The molecule has 0 radical (unpaired) electrons. The lowest BCUT2D eigenvalue weighted by Crippen LogP contribution is -2.59. The van der Waals surface area contributed by atoms with Crippen LogP contribution in [0.4, 0.5) is 4.79 Å². The van der Waals surface area contributed by atoms with Gasteiger partial charge in [-0.05, 0) is 17.7 Å². The number of phenols is 1. The van der Waals surface area contributed by atoms with E-state index in [9.17, 15) is 24.7 Å². The molecule has 4 amide bonds. The maximum Gasteiger partial charge on any atom is 0.332 e. The molecule has 3 rings (SSSR count). The first-order chi connectivity index (χ1) is 13.1. The van der Waals surface area contributed by atoms with E-state index in [-0.39, 0.29) is 11.6 Å². The fourth-order valence-corrected chi connectivity index (χ4v) is 3.60. The van der Waals surface area contributed by atoms with Crippen molar-refractivity contribution in [2.24, 2.45) is 13.0 Å². The number of imidazole rings is 1. The van der Waals surface area contributed by atoms with Crippen LogP contribution in [-0.4, -0.2) is 51.4 Å². The summed E-state index contributed by atoms with van der Waals surface area (Å²) in [5.41, 5.74) is 1.66. The van der Waals surface area contributed by atoms with Crippen LogP contribution < -0.4 is 4.73 Å². The first-order valence-electron chi connectivity index (χ1n) is 8.71. The SMILES string of the molecule is Cc1c(C)[n+]([O-])c(C(c2ccc(O)cc2)C2C(=O)N(C)C(=O)N(C)C2=O)n1C. The normalized spacial score (nSPS) is 16.8. The largest absolute Gasteiger partial charge is 0.711 e. The van der Waals surface area contributed by atoms with E-state index in [1.165, 1.54) is 26.2 Å². The number of rotatable bonds is 3. The highest BCUT2D eigenvalue weighted by atomic mass is 16.5. The van der Waals surface area contributed by atoms with Crippen molar-refractivity contribution in [3.63, 3.8) is 0 Å². The summed E-state index contributed by atoms with van der Waals surface area (Å²) < 4.78 is 2.36. The van der Waals surface area contributed by atoms with Gasteiger partial charge < -0.3 is 10.3 Å². The van der Waals surface area contributed by atoms with Crippen LogP contribution in [0.3, 0.4) is 0 Å². The molecule has 1 aliphatic rings. The van der Waals surface area contributed by atoms with Gasteiger partial charge in [-0.1, -0.05) is 12.1 Å². The van der Waals surface area contributed by atoms with Crippen LogP contribution in [0.5, 0.6) is 5.75 Å². The molecule has 1 fully saturated rings. The number of nitrogens with zero attached hydrogens (tertiary/aromatic N) is 4. The number of carbonyl (C=O) groups is 3. The number of imide groups is 2. The van der Waals surface area contributed by atoms with Gasteiger partial charge in [0.15, 0.2) is 0 Å². The Kier molecular flexibility index (Phi) is 4.62. The summed E-state index contributed by atoms with van der Waals surface area (Å²) in [7, 11) is 4.30. The molecule has 1 aliphatic heterocycles. The predicted molar refractivity (Wildman–Crippen MR) is 98.2 cm³/mol. The van der Waals surface area contributed by atoms with Crippen molar-refractivity contribution < 1.29 is 24.2 Å². The number of aromatic hydroxyl groups is 1. The van der Waals surface area contributed by atoms with Gasteiger partial charge >= 0.3 is 6.03 Å². The Morgan fingerprint density at radius 1 is 1.00 bits per heavy atom. The minimum atomic E-state index is -1.29. The summed E-state index contributed by atoms with van der Waals surface area (Å²) in [6, 6.07) is 5.26. The van der Waals surface area contributed by atoms with Crippen LogP contribution in [0.15, 0.2) is 24.3 Å². The minimum absolute atomic E-state index is 0.0162. The van der Waals surface area contributed by atoms with E-state index in [0.29, 0.717) is 21.7 Å². The van der Waals surface area contributed by atoms with Crippen molar-refractivity contribution in [3.8, 4) is 5.75 Å². The minimum Gasteiger partial charge on any atom is -0.711 e. The number of aromatic nitrogens is 2. The highest BCUT2D eigenvalue weighted by Gasteiger charge is 2.51. The molecule has 1 N–H and O–H groups in total. The van der Waals surface area contributed by atoms with E-state index < -0.39 is 29.7 Å². The second-order valence-corrected chi connectivity index (χ2v) is 7.01. The standard InChI is InChI=1S/C19H22N4O5/c1-10-11(2)23(28)16(20(10)3)14(12-6-8-13(24)9-7-12)15-17(25)21(4)19(27)22(5)18(15)26/h6-9,14-15,24H,1-5H3. The van der Waals surface area contributed by atoms with Gasteiger partial charge in [0.25, 0.3) is 5.82 Å². The van der Waals surface area contributed by atoms with Gasteiger partial charge in [0.2, 0.25) is 11.8 Å². The second kappa shape index (κ2) is 6.66. The van der Waals surface area contributed by atoms with Crippen molar-refractivity contribution in [1.82, 2.24) is 14.4 Å². The topological polar surface area (TPSA) is 110 Å². The van der Waals surface area contributed by atoms with E-state index in [1.807, 2.05) is 0 Å². The van der Waals surface area contributed by atoms with E-state index in [1.54, 1.807) is 37.6 Å². The lowest BCUT2D eigenvalue weighted by molar-refractivity contribution is -0.621. The Bertz CT molecular complexity index is 930. The zero-order chi connectivity index (χ0) is 20.9. The van der Waals surface area contributed by atoms with E-state index in [4.69, 9.17) is 0 Å². The summed E-state index contributed by atoms with van der Waals surface area (Å²) >= 11 is 0. The molecule has 1 aromatic carbocycles. The van der Waals surface area contributed by atoms with Gasteiger partial charge in [0, 0.05) is 27.9 Å². The third-order valence-electron chi connectivity index (χ3n) is 5.51. The molecular formula is C19H22N4O5. The van der Waals surface area contributed by atoms with Gasteiger partial charge in [0.1, 0.15) is 29.0 Å². The Labute approximate surface area is 162 Å². The summed E-state index contributed by atoms with van der Waals surface area (Å²) in [5, 5.41) is 22.5. The highest BCUT2D eigenvalue weighted by Crippen LogP contribution is 2.36. The number of hydrogen-bond donors (Lipinski definition) is 1.